The number of hydrogen-bond donors (Lipinski definition) is 1. The highest BCUT2D eigenvalue weighted by molar-refractivity contribution is 6.46. The molecule has 7 heteroatoms. The maximum Gasteiger partial charge on any atom is 0.295 e. The van der Waals surface area contributed by atoms with Crippen molar-refractivity contribution in [2.45, 2.75) is 39.3 Å². The van der Waals surface area contributed by atoms with E-state index in [-0.39, 0.29) is 11.3 Å². The van der Waals surface area contributed by atoms with Crippen molar-refractivity contribution < 1.29 is 19.4 Å². The number of carbonyl (C=O) groups is 2. The minimum Gasteiger partial charge on any atom is -0.507 e. The van der Waals surface area contributed by atoms with Gasteiger partial charge in [0, 0.05) is 31.0 Å². The molecular formula is C27H29N3O4. The van der Waals surface area contributed by atoms with E-state index in [9.17, 15) is 14.7 Å². The molecule has 1 N–H and O–H groups in total. The van der Waals surface area contributed by atoms with Crippen LogP contribution in [-0.4, -0.2) is 44.4 Å². The van der Waals surface area contributed by atoms with E-state index in [0.717, 1.165) is 17.5 Å². The molecule has 0 spiro atoms. The molecule has 2 aromatic carbocycles. The lowest BCUT2D eigenvalue weighted by Gasteiger charge is -2.26. The third kappa shape index (κ3) is 4.88. The van der Waals surface area contributed by atoms with Crippen LogP contribution in [0.5, 0.6) is 5.75 Å². The molecule has 0 bridgehead atoms. The predicted molar refractivity (Wildman–Crippen MR) is 129 cm³/mol. The number of aliphatic hydroxyl groups excluding tert-OH is 1. The van der Waals surface area contributed by atoms with E-state index in [0.29, 0.717) is 37.4 Å². The van der Waals surface area contributed by atoms with Crippen LogP contribution in [0.4, 0.5) is 0 Å². The molecule has 176 valence electrons. The zero-order chi connectivity index (χ0) is 24.1. The smallest absolute Gasteiger partial charge is 0.295 e. The topological polar surface area (TPSA) is 84.7 Å². The molecule has 4 rings (SSSR count). The molecule has 1 fully saturated rings. The van der Waals surface area contributed by atoms with Gasteiger partial charge in [0.25, 0.3) is 11.7 Å². The van der Waals surface area contributed by atoms with Gasteiger partial charge >= 0.3 is 0 Å². The molecule has 3 aromatic rings. The summed E-state index contributed by atoms with van der Waals surface area (Å²) in [7, 11) is 0. The number of aliphatic hydroxyl groups is 1. The summed E-state index contributed by atoms with van der Waals surface area (Å²) in [4.78, 5) is 31.9. The number of ether oxygens (including phenoxy) is 1. The molecule has 7 nitrogen and oxygen atoms in total. The van der Waals surface area contributed by atoms with Crippen LogP contribution in [0, 0.1) is 6.92 Å². The lowest BCUT2D eigenvalue weighted by molar-refractivity contribution is -0.139. The number of benzene rings is 2. The molecule has 1 saturated heterocycles. The fourth-order valence-electron chi connectivity index (χ4n) is 4.16. The highest BCUT2D eigenvalue weighted by Gasteiger charge is 2.45. The highest BCUT2D eigenvalue weighted by atomic mass is 16.5. The number of Topliss-reactive ketones (excluding diaryl/α,β-unsaturated/α-hetero) is 1. The first-order valence-corrected chi connectivity index (χ1v) is 11.5. The summed E-state index contributed by atoms with van der Waals surface area (Å²) in [6.45, 7) is 5.56. The zero-order valence-corrected chi connectivity index (χ0v) is 19.5. The number of likely N-dealkylation sites (tertiary alicyclic amines) is 1. The number of carbonyl (C=O) groups excluding carboxylic acids is 2. The number of aryl methyl sites for hydroxylation is 2. The van der Waals surface area contributed by atoms with E-state index in [1.807, 2.05) is 61.0 Å². The van der Waals surface area contributed by atoms with Gasteiger partial charge in [-0.25, -0.2) is 4.98 Å². The lowest BCUT2D eigenvalue weighted by atomic mass is 9.95. The molecule has 1 aliphatic heterocycles. The number of aromatic nitrogens is 2. The van der Waals surface area contributed by atoms with Gasteiger partial charge in [0.1, 0.15) is 11.5 Å². The number of ketones is 1. The summed E-state index contributed by atoms with van der Waals surface area (Å²) in [6.07, 6.45) is 6.78. The lowest BCUT2D eigenvalue weighted by Crippen LogP contribution is -2.31. The summed E-state index contributed by atoms with van der Waals surface area (Å²) in [5.41, 5.74) is 2.37. The van der Waals surface area contributed by atoms with E-state index in [1.165, 1.54) is 0 Å². The van der Waals surface area contributed by atoms with Crippen molar-refractivity contribution in [3.63, 3.8) is 0 Å². The van der Waals surface area contributed by atoms with Gasteiger partial charge in [-0.3, -0.25) is 9.59 Å². The molecule has 0 radical (unpaired) electrons. The Morgan fingerprint density at radius 1 is 1.12 bits per heavy atom. The van der Waals surface area contributed by atoms with Gasteiger partial charge in [0.2, 0.25) is 0 Å². The second-order valence-electron chi connectivity index (χ2n) is 8.43. The van der Waals surface area contributed by atoms with Gasteiger partial charge in [-0.2, -0.15) is 0 Å². The number of imidazole rings is 1. The largest absolute Gasteiger partial charge is 0.507 e. The minimum atomic E-state index is -0.700. The Kier molecular flexibility index (Phi) is 7.11. The normalized spacial score (nSPS) is 17.4. The second kappa shape index (κ2) is 10.4. The molecular weight excluding hydrogens is 430 g/mol. The van der Waals surface area contributed by atoms with Crippen molar-refractivity contribution in [3.8, 4) is 5.75 Å². The zero-order valence-electron chi connectivity index (χ0n) is 19.5. The Hall–Kier alpha value is -3.87. The van der Waals surface area contributed by atoms with Crippen molar-refractivity contribution in [2.24, 2.45) is 0 Å². The molecule has 0 saturated carbocycles. The highest BCUT2D eigenvalue weighted by Crippen LogP contribution is 2.40. The maximum atomic E-state index is 13.2. The van der Waals surface area contributed by atoms with Crippen molar-refractivity contribution in [3.05, 3.63) is 89.5 Å². The Morgan fingerprint density at radius 2 is 1.91 bits per heavy atom. The number of rotatable bonds is 9. The molecule has 2 heterocycles. The van der Waals surface area contributed by atoms with Crippen LogP contribution in [0.25, 0.3) is 5.76 Å². The van der Waals surface area contributed by atoms with Gasteiger partial charge in [-0.05, 0) is 37.5 Å². The fourth-order valence-corrected chi connectivity index (χ4v) is 4.16. The van der Waals surface area contributed by atoms with Gasteiger partial charge in [-0.15, -0.1) is 0 Å². The molecule has 34 heavy (non-hydrogen) atoms. The van der Waals surface area contributed by atoms with E-state index >= 15 is 0 Å². The van der Waals surface area contributed by atoms with Crippen molar-refractivity contribution >= 4 is 17.4 Å². The average Bonchev–Trinajstić information content (AvgIpc) is 3.45. The van der Waals surface area contributed by atoms with E-state index in [4.69, 9.17) is 4.74 Å². The first-order valence-electron chi connectivity index (χ1n) is 11.5. The number of nitrogens with zero attached hydrogens (tertiary/aromatic N) is 3. The third-order valence-corrected chi connectivity index (χ3v) is 5.89. The van der Waals surface area contributed by atoms with Gasteiger partial charge in [0.05, 0.1) is 24.5 Å². The van der Waals surface area contributed by atoms with Crippen molar-refractivity contribution in [2.75, 3.05) is 13.2 Å². The Balaban J connectivity index is 1.73. The minimum absolute atomic E-state index is 0.101. The van der Waals surface area contributed by atoms with Crippen LogP contribution >= 0.6 is 0 Å². The third-order valence-electron chi connectivity index (χ3n) is 5.89. The maximum absolute atomic E-state index is 13.2. The Labute approximate surface area is 199 Å². The van der Waals surface area contributed by atoms with E-state index in [1.54, 1.807) is 29.6 Å². The van der Waals surface area contributed by atoms with Crippen LogP contribution < -0.4 is 4.74 Å². The van der Waals surface area contributed by atoms with E-state index < -0.39 is 17.7 Å². The molecule has 0 aliphatic carbocycles. The van der Waals surface area contributed by atoms with Crippen LogP contribution in [0.2, 0.25) is 0 Å². The molecule has 0 unspecified atom stereocenters. The molecule has 1 atom stereocenters. The Morgan fingerprint density at radius 3 is 2.62 bits per heavy atom. The summed E-state index contributed by atoms with van der Waals surface area (Å²) >= 11 is 0. The van der Waals surface area contributed by atoms with Gasteiger partial charge < -0.3 is 19.3 Å². The first kappa shape index (κ1) is 23.3. The molecule has 1 amide bonds. The number of hydrogen-bond acceptors (Lipinski definition) is 5. The molecule has 1 aromatic heterocycles. The van der Waals surface area contributed by atoms with Crippen LogP contribution in [0.15, 0.2) is 72.8 Å². The van der Waals surface area contributed by atoms with Gasteiger partial charge in [0.15, 0.2) is 0 Å². The fraction of sp³-hybridized carbons (Fsp3) is 0.296. The summed E-state index contributed by atoms with van der Waals surface area (Å²) in [5, 5.41) is 11.2. The van der Waals surface area contributed by atoms with Crippen molar-refractivity contribution in [1.82, 2.24) is 14.5 Å². The monoisotopic (exact) mass is 459 g/mol. The predicted octanol–water partition coefficient (Wildman–Crippen LogP) is 4.49. The average molecular weight is 460 g/mol. The summed E-state index contributed by atoms with van der Waals surface area (Å²) in [5.74, 6) is -0.784. The summed E-state index contributed by atoms with van der Waals surface area (Å²) in [6, 6.07) is 14.0. The van der Waals surface area contributed by atoms with E-state index in [2.05, 4.69) is 4.98 Å². The molecule has 1 aliphatic rings. The quantitative estimate of drug-likeness (QED) is 0.289. The first-order chi connectivity index (χ1) is 16.5. The van der Waals surface area contributed by atoms with Gasteiger partial charge in [-0.1, -0.05) is 48.9 Å². The standard InChI is InChI=1S/C27H29N3O4/c1-3-16-34-22-7-4-6-21(17-22)24-23(25(31)20-10-8-19(2)9-11-20)26(32)27(33)30(24)14-5-13-29-15-12-28-18-29/h4,6-12,15,17-18,24,31H,3,5,13-14,16H2,1-2H3/b25-23+/t24-/m0/s1. The van der Waals surface area contributed by atoms with Crippen LogP contribution in [-0.2, 0) is 16.1 Å². The van der Waals surface area contributed by atoms with Crippen LogP contribution in [0.1, 0.15) is 42.5 Å². The number of amides is 1. The Bertz CT molecular complexity index is 1180. The van der Waals surface area contributed by atoms with Crippen molar-refractivity contribution in [1.29, 1.82) is 0 Å². The SMILES string of the molecule is CCCOc1cccc([C@H]2/C(=C(\O)c3ccc(C)cc3)C(=O)C(=O)N2CCCn2ccnc2)c1. The second-order valence-corrected chi connectivity index (χ2v) is 8.43. The summed E-state index contributed by atoms with van der Waals surface area (Å²) < 4.78 is 7.72. The van der Waals surface area contributed by atoms with Crippen LogP contribution in [0.3, 0.4) is 0 Å².